The van der Waals surface area contributed by atoms with Crippen LogP contribution in [0.15, 0.2) is 30.9 Å². The molecule has 0 N–H and O–H groups in total. The second kappa shape index (κ2) is 5.14. The van der Waals surface area contributed by atoms with Gasteiger partial charge in [0.1, 0.15) is 5.75 Å². The molecule has 0 radical (unpaired) electrons. The van der Waals surface area contributed by atoms with Crippen molar-refractivity contribution in [1.82, 2.24) is 0 Å². The molecule has 0 aliphatic carbocycles. The Labute approximate surface area is 95.3 Å². The maximum atomic E-state index is 10.7. The van der Waals surface area contributed by atoms with Crippen molar-refractivity contribution < 1.29 is 17.7 Å². The molecule has 0 unspecified atom stereocenters. The maximum Gasteiger partial charge on any atom is 0.123 e. The molecular weight excluding hydrogens is 228 g/mol. The van der Waals surface area contributed by atoms with Gasteiger partial charge in [-0.25, -0.2) is 8.42 Å². The van der Waals surface area contributed by atoms with Gasteiger partial charge in [0, 0.05) is 5.56 Å². The van der Waals surface area contributed by atoms with Crippen molar-refractivity contribution in [3.8, 4) is 5.75 Å². The second-order valence-electron chi connectivity index (χ2n) is 3.34. The molecule has 0 saturated heterocycles. The summed E-state index contributed by atoms with van der Waals surface area (Å²) in [5.41, 5.74) is 1.34. The topological polar surface area (TPSA) is 66.4 Å². The van der Waals surface area contributed by atoms with Gasteiger partial charge in [0.25, 0.3) is 0 Å². The third-order valence-electron chi connectivity index (χ3n) is 2.06. The second-order valence-corrected chi connectivity index (χ2v) is 4.75. The van der Waals surface area contributed by atoms with Crippen molar-refractivity contribution in [2.45, 2.75) is 12.2 Å². The molecule has 1 aromatic rings. The summed E-state index contributed by atoms with van der Waals surface area (Å²) >= 11 is 0. The molecule has 16 heavy (non-hydrogen) atoms. The molecule has 0 aliphatic rings. The van der Waals surface area contributed by atoms with Gasteiger partial charge in [0.15, 0.2) is 0 Å². The third-order valence-corrected chi connectivity index (χ3v) is 2.73. The summed E-state index contributed by atoms with van der Waals surface area (Å²) in [5.74, 6) is -0.136. The molecule has 1 rings (SSSR count). The first kappa shape index (κ1) is 12.7. The Morgan fingerprint density at radius 1 is 1.50 bits per heavy atom. The standard InChI is InChI=1S/C11H14O4S/c1-3-4-9-5-6-10(8-16(12,13)14)11(7-9)15-2/h3,5-7H,1,4,8H2,2H3,(H,12,13,14)/p-1. The Hall–Kier alpha value is -1.33. The van der Waals surface area contributed by atoms with Crippen molar-refractivity contribution >= 4 is 10.1 Å². The SMILES string of the molecule is C=CCc1ccc(CS(=O)(=O)[O-])c(OC)c1. The fraction of sp³-hybridized carbons (Fsp3) is 0.273. The van der Waals surface area contributed by atoms with Crippen LogP contribution in [0.1, 0.15) is 11.1 Å². The van der Waals surface area contributed by atoms with Gasteiger partial charge in [-0.3, -0.25) is 0 Å². The van der Waals surface area contributed by atoms with E-state index in [0.717, 1.165) is 5.56 Å². The van der Waals surface area contributed by atoms with Crippen LogP contribution in [-0.4, -0.2) is 20.1 Å². The summed E-state index contributed by atoms with van der Waals surface area (Å²) in [5, 5.41) is 0. The number of ether oxygens (including phenoxy) is 1. The number of methoxy groups -OCH3 is 1. The molecule has 1 aromatic carbocycles. The molecule has 0 atom stereocenters. The monoisotopic (exact) mass is 241 g/mol. The minimum Gasteiger partial charge on any atom is -0.748 e. The summed E-state index contributed by atoms with van der Waals surface area (Å²) in [4.78, 5) is 0. The van der Waals surface area contributed by atoms with Crippen molar-refractivity contribution in [2.24, 2.45) is 0 Å². The molecule has 0 aromatic heterocycles. The van der Waals surface area contributed by atoms with Gasteiger partial charge in [-0.05, 0) is 18.1 Å². The highest BCUT2D eigenvalue weighted by Crippen LogP contribution is 2.22. The van der Waals surface area contributed by atoms with Crippen LogP contribution in [0.25, 0.3) is 0 Å². The van der Waals surface area contributed by atoms with Gasteiger partial charge in [-0.2, -0.15) is 0 Å². The zero-order chi connectivity index (χ0) is 12.2. The zero-order valence-corrected chi connectivity index (χ0v) is 9.79. The summed E-state index contributed by atoms with van der Waals surface area (Å²) in [6.45, 7) is 3.61. The fourth-order valence-corrected chi connectivity index (χ4v) is 2.01. The Kier molecular flexibility index (Phi) is 4.09. The molecule has 5 heteroatoms. The summed E-state index contributed by atoms with van der Waals surface area (Å²) in [6, 6.07) is 5.06. The van der Waals surface area contributed by atoms with Crippen molar-refractivity contribution in [3.63, 3.8) is 0 Å². The van der Waals surface area contributed by atoms with Crippen LogP contribution in [0.2, 0.25) is 0 Å². The normalized spacial score (nSPS) is 11.1. The number of hydrogen-bond donors (Lipinski definition) is 0. The average molecular weight is 241 g/mol. The molecular formula is C11H13O4S-. The molecule has 88 valence electrons. The van der Waals surface area contributed by atoms with Crippen LogP contribution in [0, 0.1) is 0 Å². The molecule has 0 saturated carbocycles. The lowest BCUT2D eigenvalue weighted by Gasteiger charge is -2.12. The van der Waals surface area contributed by atoms with E-state index in [0.29, 0.717) is 17.7 Å². The van der Waals surface area contributed by atoms with E-state index in [2.05, 4.69) is 6.58 Å². The number of benzene rings is 1. The first-order valence-corrected chi connectivity index (χ1v) is 6.24. The van der Waals surface area contributed by atoms with Gasteiger partial charge in [-0.1, -0.05) is 18.2 Å². The first-order chi connectivity index (χ1) is 7.46. The minimum atomic E-state index is -4.29. The van der Waals surface area contributed by atoms with Crippen LogP contribution in [0.5, 0.6) is 5.75 Å². The highest BCUT2D eigenvalue weighted by atomic mass is 32.2. The molecule has 4 nitrogen and oxygen atoms in total. The Morgan fingerprint density at radius 3 is 2.69 bits per heavy atom. The van der Waals surface area contributed by atoms with Crippen molar-refractivity contribution in [2.75, 3.05) is 7.11 Å². The van der Waals surface area contributed by atoms with Crippen LogP contribution in [-0.2, 0) is 22.3 Å². The number of allylic oxidation sites excluding steroid dienone is 1. The number of hydrogen-bond acceptors (Lipinski definition) is 4. The lowest BCUT2D eigenvalue weighted by atomic mass is 10.1. The van der Waals surface area contributed by atoms with Gasteiger partial charge in [0.2, 0.25) is 0 Å². The molecule has 0 fully saturated rings. The first-order valence-electron chi connectivity index (χ1n) is 4.66. The van der Waals surface area contributed by atoms with E-state index in [1.54, 1.807) is 24.3 Å². The van der Waals surface area contributed by atoms with E-state index in [9.17, 15) is 13.0 Å². The van der Waals surface area contributed by atoms with Crippen LogP contribution in [0.3, 0.4) is 0 Å². The Balaban J connectivity index is 3.06. The van der Waals surface area contributed by atoms with E-state index in [1.165, 1.54) is 7.11 Å². The molecule has 0 bridgehead atoms. The predicted octanol–water partition coefficient (Wildman–Crippen LogP) is 1.47. The van der Waals surface area contributed by atoms with E-state index >= 15 is 0 Å². The van der Waals surface area contributed by atoms with E-state index in [1.807, 2.05) is 0 Å². The number of rotatable bonds is 5. The van der Waals surface area contributed by atoms with Gasteiger partial charge in [-0.15, -0.1) is 6.58 Å². The zero-order valence-electron chi connectivity index (χ0n) is 8.97. The minimum absolute atomic E-state index is 0.380. The van der Waals surface area contributed by atoms with Gasteiger partial charge >= 0.3 is 0 Å². The lowest BCUT2D eigenvalue weighted by Crippen LogP contribution is -2.04. The van der Waals surface area contributed by atoms with E-state index < -0.39 is 15.9 Å². The molecule has 0 heterocycles. The molecule has 0 spiro atoms. The Morgan fingerprint density at radius 2 is 2.19 bits per heavy atom. The van der Waals surface area contributed by atoms with Crippen LogP contribution >= 0.6 is 0 Å². The van der Waals surface area contributed by atoms with Gasteiger partial charge in [0.05, 0.1) is 23.0 Å². The maximum absolute atomic E-state index is 10.7. The van der Waals surface area contributed by atoms with E-state index in [4.69, 9.17) is 4.74 Å². The summed E-state index contributed by atoms with van der Waals surface area (Å²) in [7, 11) is -2.85. The van der Waals surface area contributed by atoms with Crippen molar-refractivity contribution in [1.29, 1.82) is 0 Å². The molecule has 0 aliphatic heterocycles. The summed E-state index contributed by atoms with van der Waals surface area (Å²) < 4.78 is 37.0. The summed E-state index contributed by atoms with van der Waals surface area (Å²) in [6.07, 6.45) is 2.40. The average Bonchev–Trinajstić information content (AvgIpc) is 2.18. The largest absolute Gasteiger partial charge is 0.748 e. The van der Waals surface area contributed by atoms with Gasteiger partial charge < -0.3 is 9.29 Å². The highest BCUT2D eigenvalue weighted by Gasteiger charge is 2.07. The third kappa shape index (κ3) is 3.67. The Bertz CT molecular complexity index is 477. The quantitative estimate of drug-likeness (QED) is 0.578. The lowest BCUT2D eigenvalue weighted by molar-refractivity contribution is 0.408. The van der Waals surface area contributed by atoms with Crippen molar-refractivity contribution in [3.05, 3.63) is 42.0 Å². The predicted molar refractivity (Wildman–Crippen MR) is 60.3 cm³/mol. The van der Waals surface area contributed by atoms with Crippen LogP contribution < -0.4 is 4.74 Å². The fourth-order valence-electron chi connectivity index (χ4n) is 1.39. The molecule has 0 amide bonds. The van der Waals surface area contributed by atoms with E-state index in [-0.39, 0.29) is 0 Å². The van der Waals surface area contributed by atoms with Crippen LogP contribution in [0.4, 0.5) is 0 Å². The smallest absolute Gasteiger partial charge is 0.123 e. The highest BCUT2D eigenvalue weighted by molar-refractivity contribution is 7.84.